The van der Waals surface area contributed by atoms with E-state index in [1.807, 2.05) is 49.4 Å². The number of nitrogens with zero attached hydrogens (tertiary/aromatic N) is 1. The first-order valence-electron chi connectivity index (χ1n) is 8.28. The maximum absolute atomic E-state index is 12.2. The van der Waals surface area contributed by atoms with Crippen molar-refractivity contribution in [3.05, 3.63) is 59.7 Å². The van der Waals surface area contributed by atoms with E-state index in [2.05, 4.69) is 16.0 Å². The lowest BCUT2D eigenvalue weighted by molar-refractivity contribution is -0.127. The minimum atomic E-state index is -0.323. The van der Waals surface area contributed by atoms with Crippen molar-refractivity contribution in [1.29, 1.82) is 0 Å². The van der Waals surface area contributed by atoms with Crippen molar-refractivity contribution < 1.29 is 9.59 Å². The molecule has 1 saturated heterocycles. The van der Waals surface area contributed by atoms with Crippen LogP contribution in [0.1, 0.15) is 18.1 Å². The van der Waals surface area contributed by atoms with Crippen molar-refractivity contribution in [2.45, 2.75) is 26.4 Å². The maximum atomic E-state index is 12.2. The molecule has 26 heavy (non-hydrogen) atoms. The molecule has 1 atom stereocenters. The second-order valence-corrected chi connectivity index (χ2v) is 6.63. The van der Waals surface area contributed by atoms with Crippen molar-refractivity contribution >= 4 is 40.6 Å². The number of urea groups is 1. The van der Waals surface area contributed by atoms with Gasteiger partial charge >= 0.3 is 6.03 Å². The van der Waals surface area contributed by atoms with E-state index >= 15 is 0 Å². The Labute approximate surface area is 157 Å². The number of hydrogen-bond acceptors (Lipinski definition) is 3. The van der Waals surface area contributed by atoms with Gasteiger partial charge in [-0.05, 0) is 61.5 Å². The summed E-state index contributed by atoms with van der Waals surface area (Å²) >= 11 is 5.19. The molecule has 3 rings (SSSR count). The van der Waals surface area contributed by atoms with Crippen molar-refractivity contribution in [3.63, 3.8) is 0 Å². The van der Waals surface area contributed by atoms with Gasteiger partial charge < -0.3 is 16.0 Å². The van der Waals surface area contributed by atoms with Gasteiger partial charge in [0.1, 0.15) is 6.04 Å². The molecule has 6 nitrogen and oxygen atoms in total. The molecule has 1 fully saturated rings. The Morgan fingerprint density at radius 1 is 1.15 bits per heavy atom. The van der Waals surface area contributed by atoms with Crippen LogP contribution in [0.3, 0.4) is 0 Å². The van der Waals surface area contributed by atoms with Crippen LogP contribution in [0.25, 0.3) is 0 Å². The van der Waals surface area contributed by atoms with Crippen LogP contribution in [0.5, 0.6) is 0 Å². The Morgan fingerprint density at radius 2 is 1.81 bits per heavy atom. The fourth-order valence-electron chi connectivity index (χ4n) is 2.75. The molecule has 0 spiro atoms. The van der Waals surface area contributed by atoms with E-state index in [-0.39, 0.29) is 18.0 Å². The Bertz CT molecular complexity index is 868. The summed E-state index contributed by atoms with van der Waals surface area (Å²) in [6, 6.07) is 14.3. The summed E-state index contributed by atoms with van der Waals surface area (Å²) in [7, 11) is 0. The zero-order chi connectivity index (χ0) is 18.7. The molecule has 0 aromatic heterocycles. The van der Waals surface area contributed by atoms with Crippen LogP contribution in [0, 0.1) is 6.92 Å². The predicted molar refractivity (Wildman–Crippen MR) is 106 cm³/mol. The fourth-order valence-corrected chi connectivity index (χ4v) is 3.09. The van der Waals surface area contributed by atoms with E-state index in [9.17, 15) is 9.59 Å². The summed E-state index contributed by atoms with van der Waals surface area (Å²) in [6.07, 6.45) is 0. The van der Waals surface area contributed by atoms with E-state index in [4.69, 9.17) is 12.2 Å². The van der Waals surface area contributed by atoms with Crippen molar-refractivity contribution in [3.8, 4) is 0 Å². The average molecular weight is 368 g/mol. The zero-order valence-corrected chi connectivity index (χ0v) is 15.4. The van der Waals surface area contributed by atoms with Crippen LogP contribution < -0.4 is 16.0 Å². The van der Waals surface area contributed by atoms with E-state index in [1.54, 1.807) is 13.0 Å². The number of anilines is 2. The predicted octanol–water partition coefficient (Wildman–Crippen LogP) is 3.24. The number of nitrogens with one attached hydrogen (secondary N) is 3. The third-order valence-electron chi connectivity index (χ3n) is 4.02. The van der Waals surface area contributed by atoms with Crippen LogP contribution >= 0.6 is 12.2 Å². The second kappa shape index (κ2) is 7.53. The van der Waals surface area contributed by atoms with Crippen LogP contribution in [0.4, 0.5) is 16.2 Å². The highest BCUT2D eigenvalue weighted by Crippen LogP contribution is 2.17. The highest BCUT2D eigenvalue weighted by atomic mass is 32.1. The van der Waals surface area contributed by atoms with Crippen LogP contribution in [0.2, 0.25) is 0 Å². The maximum Gasteiger partial charge on any atom is 0.323 e. The van der Waals surface area contributed by atoms with E-state index < -0.39 is 0 Å². The van der Waals surface area contributed by atoms with Gasteiger partial charge in [-0.3, -0.25) is 9.69 Å². The molecule has 1 heterocycles. The third kappa shape index (κ3) is 4.18. The van der Waals surface area contributed by atoms with Gasteiger partial charge in [0.05, 0.1) is 6.54 Å². The monoisotopic (exact) mass is 368 g/mol. The van der Waals surface area contributed by atoms with Gasteiger partial charge in [0.25, 0.3) is 5.91 Å². The second-order valence-electron chi connectivity index (χ2n) is 6.24. The fraction of sp³-hybridized carbons (Fsp3) is 0.211. The quantitative estimate of drug-likeness (QED) is 0.725. The Morgan fingerprint density at radius 3 is 2.42 bits per heavy atom. The average Bonchev–Trinajstić information content (AvgIpc) is 2.81. The molecule has 0 aliphatic carbocycles. The van der Waals surface area contributed by atoms with Crippen molar-refractivity contribution in [2.24, 2.45) is 0 Å². The molecule has 0 bridgehead atoms. The number of carbonyl (C=O) groups is 2. The molecular weight excluding hydrogens is 348 g/mol. The van der Waals surface area contributed by atoms with E-state index in [1.165, 1.54) is 4.90 Å². The van der Waals surface area contributed by atoms with Gasteiger partial charge in [0.2, 0.25) is 0 Å². The number of aryl methyl sites for hydroxylation is 1. The van der Waals surface area contributed by atoms with E-state index in [0.717, 1.165) is 16.8 Å². The van der Waals surface area contributed by atoms with Crippen molar-refractivity contribution in [2.75, 3.05) is 10.6 Å². The van der Waals surface area contributed by atoms with Gasteiger partial charge in [-0.25, -0.2) is 4.79 Å². The molecule has 3 amide bonds. The number of rotatable bonds is 4. The first-order chi connectivity index (χ1) is 12.4. The number of amides is 3. The van der Waals surface area contributed by atoms with Crippen LogP contribution in [-0.4, -0.2) is 28.0 Å². The normalized spacial score (nSPS) is 16.4. The summed E-state index contributed by atoms with van der Waals surface area (Å²) < 4.78 is 0. The SMILES string of the molecule is Cc1cccc(NC(=O)Nc2cccc(CN3C(=O)[C@H](C)NC3=S)c2)c1. The number of benzene rings is 2. The van der Waals surface area contributed by atoms with Crippen molar-refractivity contribution in [1.82, 2.24) is 10.2 Å². The lowest BCUT2D eigenvalue weighted by atomic mass is 10.2. The Balaban J connectivity index is 1.65. The van der Waals surface area contributed by atoms with Gasteiger partial charge in [-0.15, -0.1) is 0 Å². The number of carbonyl (C=O) groups excluding carboxylic acids is 2. The molecule has 1 aliphatic rings. The third-order valence-corrected chi connectivity index (χ3v) is 4.36. The minimum Gasteiger partial charge on any atom is -0.351 e. The minimum absolute atomic E-state index is 0.0504. The summed E-state index contributed by atoms with van der Waals surface area (Å²) in [6.45, 7) is 4.11. The smallest absolute Gasteiger partial charge is 0.323 e. The first-order valence-corrected chi connectivity index (χ1v) is 8.69. The molecule has 0 radical (unpaired) electrons. The Kier molecular flexibility index (Phi) is 5.18. The summed E-state index contributed by atoms with van der Waals surface area (Å²) in [5.74, 6) is -0.0504. The Hall–Kier alpha value is -2.93. The molecule has 1 aliphatic heterocycles. The highest BCUT2D eigenvalue weighted by Gasteiger charge is 2.31. The van der Waals surface area contributed by atoms with E-state index in [0.29, 0.717) is 17.3 Å². The highest BCUT2D eigenvalue weighted by molar-refractivity contribution is 7.80. The summed E-state index contributed by atoms with van der Waals surface area (Å²) in [5, 5.41) is 8.98. The topological polar surface area (TPSA) is 73.5 Å². The van der Waals surface area contributed by atoms with Gasteiger partial charge in [0.15, 0.2) is 5.11 Å². The van der Waals surface area contributed by atoms with Gasteiger partial charge in [-0.1, -0.05) is 24.3 Å². The molecule has 0 saturated carbocycles. The van der Waals surface area contributed by atoms with Crippen LogP contribution in [-0.2, 0) is 11.3 Å². The standard InChI is InChI=1S/C19H20N4O2S/c1-12-5-3-7-15(9-12)21-18(25)22-16-8-4-6-14(10-16)11-23-17(24)13(2)20-19(23)26/h3-10,13H,11H2,1-2H3,(H,20,26)(H2,21,22,25)/t13-/m0/s1. The molecule has 2 aromatic rings. The molecule has 3 N–H and O–H groups in total. The van der Waals surface area contributed by atoms with Gasteiger partial charge in [0, 0.05) is 11.4 Å². The zero-order valence-electron chi connectivity index (χ0n) is 14.6. The largest absolute Gasteiger partial charge is 0.351 e. The lowest BCUT2D eigenvalue weighted by Crippen LogP contribution is -2.30. The molecule has 134 valence electrons. The molecule has 7 heteroatoms. The molecular formula is C19H20N4O2S. The first kappa shape index (κ1) is 17.9. The lowest BCUT2D eigenvalue weighted by Gasteiger charge is -2.15. The number of hydrogen-bond donors (Lipinski definition) is 3. The van der Waals surface area contributed by atoms with Crippen LogP contribution in [0.15, 0.2) is 48.5 Å². The summed E-state index contributed by atoms with van der Waals surface area (Å²) in [5.41, 5.74) is 3.32. The van der Waals surface area contributed by atoms with Gasteiger partial charge in [-0.2, -0.15) is 0 Å². The molecule has 0 unspecified atom stereocenters. The number of thiocarbonyl (C=S) groups is 1. The molecule has 2 aromatic carbocycles. The summed E-state index contributed by atoms with van der Waals surface area (Å²) in [4.78, 5) is 25.8.